The van der Waals surface area contributed by atoms with Gasteiger partial charge in [-0.1, -0.05) is 0 Å². The summed E-state index contributed by atoms with van der Waals surface area (Å²) in [6.45, 7) is 0. The Balaban J connectivity index is 2.61. The molecule has 0 radical (unpaired) electrons. The molecular formula is C14H18N2O8P2. The largest absolute Gasteiger partial charge is 0.627 e. The second-order valence-corrected chi connectivity index (χ2v) is 8.35. The second kappa shape index (κ2) is 7.48. The van der Waals surface area contributed by atoms with Gasteiger partial charge in [-0.05, 0) is 12.1 Å². The van der Waals surface area contributed by atoms with E-state index in [0.29, 0.717) is 5.75 Å². The van der Waals surface area contributed by atoms with Crippen molar-refractivity contribution in [3.63, 3.8) is 0 Å². The van der Waals surface area contributed by atoms with Gasteiger partial charge >= 0.3 is 0 Å². The molecule has 10 nitrogen and oxygen atoms in total. The molecule has 0 spiro atoms. The van der Waals surface area contributed by atoms with E-state index in [1.54, 1.807) is 0 Å². The first-order valence-corrected chi connectivity index (χ1v) is 10.2. The Labute approximate surface area is 150 Å². The Morgan fingerprint density at radius 3 is 2.00 bits per heavy atom. The molecular weight excluding hydrogens is 386 g/mol. The highest BCUT2D eigenvalue weighted by Gasteiger charge is 2.31. The molecule has 0 saturated heterocycles. The summed E-state index contributed by atoms with van der Waals surface area (Å²) in [4.78, 5) is 61.2. The molecule has 0 amide bonds. The van der Waals surface area contributed by atoms with Crippen molar-refractivity contribution < 1.29 is 38.8 Å². The number of ether oxygens (including phenoxy) is 2. The highest BCUT2D eigenvalue weighted by atomic mass is 31.2. The number of hydrogen-bond acceptors (Lipinski definition) is 10. The van der Waals surface area contributed by atoms with Gasteiger partial charge in [0.25, 0.3) is 15.9 Å². The number of methoxy groups -OCH3 is 2. The molecule has 2 rings (SSSR count). The van der Waals surface area contributed by atoms with Gasteiger partial charge in [0, 0.05) is 18.2 Å². The normalized spacial score (nSPS) is 12.0. The van der Waals surface area contributed by atoms with Gasteiger partial charge in [0.1, 0.15) is 11.5 Å². The van der Waals surface area contributed by atoms with Crippen LogP contribution >= 0.6 is 15.9 Å². The Hall–Kier alpha value is -1.74. The van der Waals surface area contributed by atoms with Crippen LogP contribution in [0.5, 0.6) is 11.5 Å². The summed E-state index contributed by atoms with van der Waals surface area (Å²) in [7, 11) is -6.62. The van der Waals surface area contributed by atoms with E-state index in [9.17, 15) is 29.4 Å². The Bertz CT molecular complexity index is 805. The van der Waals surface area contributed by atoms with Gasteiger partial charge in [0.05, 0.1) is 31.3 Å². The first kappa shape index (κ1) is 20.6. The lowest BCUT2D eigenvalue weighted by Gasteiger charge is -2.22. The molecule has 12 heteroatoms. The molecule has 0 bridgehead atoms. The Morgan fingerprint density at radius 1 is 0.885 bits per heavy atom. The van der Waals surface area contributed by atoms with E-state index in [0.717, 1.165) is 6.07 Å². The van der Waals surface area contributed by atoms with Crippen LogP contribution < -0.4 is 40.9 Å². The topological polar surface area (TPSA) is 184 Å². The van der Waals surface area contributed by atoms with E-state index in [-0.39, 0.29) is 28.1 Å². The van der Waals surface area contributed by atoms with Gasteiger partial charge in [-0.15, -0.1) is 0 Å². The SMILES string of the molecule is COc1ccc([P+]([O-])(O)O)c(Nc2cc([P+]([O-])(O)O)c(N)cc2OC)c1. The Morgan fingerprint density at radius 2 is 1.50 bits per heavy atom. The van der Waals surface area contributed by atoms with Crippen molar-refractivity contribution in [2.75, 3.05) is 25.3 Å². The molecule has 0 aromatic heterocycles. The first-order chi connectivity index (χ1) is 12.0. The fourth-order valence-electron chi connectivity index (χ4n) is 2.24. The van der Waals surface area contributed by atoms with Gasteiger partial charge in [-0.25, -0.2) is 19.6 Å². The molecule has 0 unspecified atom stereocenters. The van der Waals surface area contributed by atoms with Crippen LogP contribution in [0.4, 0.5) is 17.1 Å². The van der Waals surface area contributed by atoms with Gasteiger partial charge in [0.15, 0.2) is 10.6 Å². The zero-order valence-corrected chi connectivity index (χ0v) is 15.6. The van der Waals surface area contributed by atoms with Crippen LogP contribution in [0, 0.1) is 0 Å². The van der Waals surface area contributed by atoms with Crippen molar-refractivity contribution in [3.05, 3.63) is 30.3 Å². The van der Waals surface area contributed by atoms with Crippen molar-refractivity contribution >= 4 is 43.6 Å². The molecule has 0 saturated carbocycles. The lowest BCUT2D eigenvalue weighted by molar-refractivity contribution is -0.204. The van der Waals surface area contributed by atoms with E-state index in [1.807, 2.05) is 0 Å². The van der Waals surface area contributed by atoms with Crippen LogP contribution in [-0.4, -0.2) is 33.8 Å². The third kappa shape index (κ3) is 4.50. The molecule has 2 aromatic carbocycles. The highest BCUT2D eigenvalue weighted by Crippen LogP contribution is 2.45. The maximum absolute atomic E-state index is 11.7. The van der Waals surface area contributed by atoms with Gasteiger partial charge in [-0.3, -0.25) is 0 Å². The summed E-state index contributed by atoms with van der Waals surface area (Å²) in [6, 6.07) is 6.17. The number of hydrogen-bond donors (Lipinski definition) is 6. The van der Waals surface area contributed by atoms with E-state index < -0.39 is 21.2 Å². The molecule has 0 aliphatic carbocycles. The molecule has 142 valence electrons. The molecule has 0 atom stereocenters. The van der Waals surface area contributed by atoms with Gasteiger partial charge < -0.3 is 30.3 Å². The third-order valence-corrected chi connectivity index (χ3v) is 5.48. The van der Waals surface area contributed by atoms with E-state index in [4.69, 9.17) is 15.2 Å². The van der Waals surface area contributed by atoms with E-state index >= 15 is 0 Å². The average Bonchev–Trinajstić information content (AvgIpc) is 2.53. The molecule has 0 fully saturated rings. The fourth-order valence-corrected chi connectivity index (χ4v) is 3.65. The first-order valence-electron chi connectivity index (χ1n) is 7.02. The zero-order valence-electron chi connectivity index (χ0n) is 13.8. The average molecular weight is 404 g/mol. The fraction of sp³-hybridized carbons (Fsp3) is 0.143. The molecule has 0 heterocycles. The monoisotopic (exact) mass is 404 g/mol. The van der Waals surface area contributed by atoms with E-state index in [2.05, 4.69) is 5.32 Å². The van der Waals surface area contributed by atoms with Crippen LogP contribution in [0.25, 0.3) is 0 Å². The van der Waals surface area contributed by atoms with Crippen molar-refractivity contribution in [3.8, 4) is 11.5 Å². The lowest BCUT2D eigenvalue weighted by atomic mass is 10.2. The lowest BCUT2D eigenvalue weighted by Crippen LogP contribution is -2.25. The van der Waals surface area contributed by atoms with Crippen LogP contribution in [0.2, 0.25) is 0 Å². The molecule has 0 aliphatic heterocycles. The Kier molecular flexibility index (Phi) is 5.92. The van der Waals surface area contributed by atoms with Crippen LogP contribution in [0.3, 0.4) is 0 Å². The maximum Gasteiger partial charge on any atom is 0.265 e. The van der Waals surface area contributed by atoms with Crippen LogP contribution in [0.1, 0.15) is 0 Å². The van der Waals surface area contributed by atoms with Crippen LogP contribution in [-0.2, 0) is 0 Å². The summed E-state index contributed by atoms with van der Waals surface area (Å²) >= 11 is 0. The summed E-state index contributed by atoms with van der Waals surface area (Å²) in [5.74, 6) is 0.438. The van der Waals surface area contributed by atoms with Crippen molar-refractivity contribution in [2.24, 2.45) is 0 Å². The molecule has 26 heavy (non-hydrogen) atoms. The smallest absolute Gasteiger partial charge is 0.265 e. The third-order valence-electron chi connectivity index (χ3n) is 3.45. The number of anilines is 3. The molecule has 2 aromatic rings. The highest BCUT2D eigenvalue weighted by molar-refractivity contribution is 7.66. The number of benzene rings is 2. The number of nitrogens with two attached hydrogens (primary N) is 1. The number of nitrogens with one attached hydrogen (secondary N) is 1. The summed E-state index contributed by atoms with van der Waals surface area (Å²) in [5.41, 5.74) is 5.51. The van der Waals surface area contributed by atoms with Gasteiger partial charge in [-0.2, -0.15) is 0 Å². The maximum atomic E-state index is 11.7. The predicted molar refractivity (Wildman–Crippen MR) is 95.7 cm³/mol. The quantitative estimate of drug-likeness (QED) is 0.244. The standard InChI is InChI=1S/C14H18N2O8P2/c1-23-8-3-4-13(25(17,18)19)11(5-8)16-10-7-14(26(20,21)22)9(15)6-12(10)24-2/h3-7,16H,15H2,1-2H3,(H2,17,18,19)(H2,20,21,22). The van der Waals surface area contributed by atoms with Crippen LogP contribution in [0.15, 0.2) is 30.3 Å². The molecule has 0 aliphatic rings. The summed E-state index contributed by atoms with van der Waals surface area (Å²) in [5, 5.41) is 1.95. The molecule has 7 N–H and O–H groups in total. The summed E-state index contributed by atoms with van der Waals surface area (Å²) < 4.78 is 10.2. The number of rotatable bonds is 6. The second-order valence-electron chi connectivity index (χ2n) is 5.21. The predicted octanol–water partition coefficient (Wildman–Crippen LogP) is -1.50. The van der Waals surface area contributed by atoms with Crippen molar-refractivity contribution in [1.82, 2.24) is 0 Å². The van der Waals surface area contributed by atoms with Crippen molar-refractivity contribution in [1.29, 1.82) is 0 Å². The summed E-state index contributed by atoms with van der Waals surface area (Å²) in [6.07, 6.45) is 0. The van der Waals surface area contributed by atoms with Gasteiger partial charge in [0.2, 0.25) is 0 Å². The minimum Gasteiger partial charge on any atom is -0.627 e. The minimum absolute atomic E-state index is 0.0163. The van der Waals surface area contributed by atoms with Crippen molar-refractivity contribution in [2.45, 2.75) is 0 Å². The number of nitrogen functional groups attached to an aromatic ring is 1. The zero-order chi connectivity index (χ0) is 19.7. The minimum atomic E-state index is -4.68. The van der Waals surface area contributed by atoms with E-state index in [1.165, 1.54) is 38.5 Å².